The Hall–Kier alpha value is -0.520. The van der Waals surface area contributed by atoms with Crippen LogP contribution in [0.3, 0.4) is 0 Å². The molecule has 0 bridgehead atoms. The number of hydrogen-bond donors (Lipinski definition) is 1. The molecule has 0 unspecified atom stereocenters. The van der Waals surface area contributed by atoms with Gasteiger partial charge in [0.1, 0.15) is 5.75 Å². The molecule has 5 heteroatoms. The topological polar surface area (TPSA) is 21.3 Å². The lowest BCUT2D eigenvalue weighted by Crippen LogP contribution is -2.03. The van der Waals surface area contributed by atoms with Gasteiger partial charge in [-0.05, 0) is 96.5 Å². The van der Waals surface area contributed by atoms with E-state index in [4.69, 9.17) is 4.74 Å². The summed E-state index contributed by atoms with van der Waals surface area (Å²) in [6.45, 7) is 4.95. The fraction of sp³-hybridized carbons (Fsp3) is 0.250. The zero-order valence-corrected chi connectivity index (χ0v) is 16.8. The second-order valence-corrected chi connectivity index (χ2v) is 7.45. The van der Waals surface area contributed by atoms with E-state index in [0.717, 1.165) is 31.4 Å². The summed E-state index contributed by atoms with van der Waals surface area (Å²) >= 11 is 10.7. The molecular weight excluding hydrogens is 462 g/mol. The van der Waals surface area contributed by atoms with Crippen LogP contribution in [0.1, 0.15) is 16.7 Å². The SMILES string of the molecule is COc1c(Br)cc(CNc2c(C)cc(C)cc2Br)cc1Br. The van der Waals surface area contributed by atoms with Crippen molar-refractivity contribution in [2.45, 2.75) is 20.4 Å². The van der Waals surface area contributed by atoms with Gasteiger partial charge in [0.15, 0.2) is 0 Å². The Morgan fingerprint density at radius 1 is 0.952 bits per heavy atom. The van der Waals surface area contributed by atoms with Gasteiger partial charge in [0, 0.05) is 11.0 Å². The minimum Gasteiger partial charge on any atom is -0.494 e. The minimum atomic E-state index is 0.740. The molecule has 2 aromatic carbocycles. The molecule has 0 fully saturated rings. The Labute approximate surface area is 150 Å². The van der Waals surface area contributed by atoms with Crippen molar-refractivity contribution in [1.29, 1.82) is 0 Å². The fourth-order valence-corrected chi connectivity index (χ4v) is 4.66. The van der Waals surface area contributed by atoms with E-state index in [1.807, 2.05) is 0 Å². The summed E-state index contributed by atoms with van der Waals surface area (Å²) < 4.78 is 8.29. The van der Waals surface area contributed by atoms with Gasteiger partial charge in [-0.2, -0.15) is 0 Å². The second-order valence-electron chi connectivity index (χ2n) is 4.88. The summed E-state index contributed by atoms with van der Waals surface area (Å²) in [4.78, 5) is 0. The summed E-state index contributed by atoms with van der Waals surface area (Å²) in [6, 6.07) is 8.42. The number of methoxy groups -OCH3 is 1. The number of ether oxygens (including phenoxy) is 1. The third-order valence-corrected chi connectivity index (χ3v) is 4.97. The number of anilines is 1. The fourth-order valence-electron chi connectivity index (χ4n) is 2.24. The molecule has 2 nitrogen and oxygen atoms in total. The van der Waals surface area contributed by atoms with Crippen molar-refractivity contribution in [2.24, 2.45) is 0 Å². The summed E-state index contributed by atoms with van der Waals surface area (Å²) in [5.41, 5.74) is 4.78. The van der Waals surface area contributed by atoms with Crippen molar-refractivity contribution in [3.8, 4) is 5.75 Å². The van der Waals surface area contributed by atoms with Gasteiger partial charge in [-0.15, -0.1) is 0 Å². The van der Waals surface area contributed by atoms with Crippen LogP contribution in [-0.2, 0) is 6.54 Å². The summed E-state index contributed by atoms with van der Waals surface area (Å²) in [5.74, 6) is 0.812. The number of hydrogen-bond acceptors (Lipinski definition) is 2. The second kappa shape index (κ2) is 7.16. The van der Waals surface area contributed by atoms with Gasteiger partial charge in [0.2, 0.25) is 0 Å². The largest absolute Gasteiger partial charge is 0.494 e. The highest BCUT2D eigenvalue weighted by atomic mass is 79.9. The van der Waals surface area contributed by atoms with Gasteiger partial charge in [0.25, 0.3) is 0 Å². The number of benzene rings is 2. The average molecular weight is 478 g/mol. The van der Waals surface area contributed by atoms with Crippen LogP contribution in [0.4, 0.5) is 5.69 Å². The van der Waals surface area contributed by atoms with E-state index in [1.165, 1.54) is 16.7 Å². The van der Waals surface area contributed by atoms with Crippen LogP contribution in [0.5, 0.6) is 5.75 Å². The maximum Gasteiger partial charge on any atom is 0.147 e. The predicted molar refractivity (Wildman–Crippen MR) is 99.3 cm³/mol. The van der Waals surface area contributed by atoms with Gasteiger partial charge >= 0.3 is 0 Å². The predicted octanol–water partition coefficient (Wildman–Crippen LogP) is 6.21. The van der Waals surface area contributed by atoms with E-state index in [9.17, 15) is 0 Å². The number of nitrogens with one attached hydrogen (secondary N) is 1. The van der Waals surface area contributed by atoms with Crippen LogP contribution in [0, 0.1) is 13.8 Å². The molecule has 0 radical (unpaired) electrons. The first-order valence-electron chi connectivity index (χ1n) is 6.45. The highest BCUT2D eigenvalue weighted by molar-refractivity contribution is 9.11. The normalized spacial score (nSPS) is 10.6. The van der Waals surface area contributed by atoms with Gasteiger partial charge in [-0.3, -0.25) is 0 Å². The third-order valence-electron chi connectivity index (χ3n) is 3.16. The van der Waals surface area contributed by atoms with Gasteiger partial charge in [-0.25, -0.2) is 0 Å². The zero-order chi connectivity index (χ0) is 15.6. The molecule has 0 aromatic heterocycles. The van der Waals surface area contributed by atoms with Gasteiger partial charge < -0.3 is 10.1 Å². The minimum absolute atomic E-state index is 0.740. The van der Waals surface area contributed by atoms with Crippen molar-refractivity contribution in [3.63, 3.8) is 0 Å². The Morgan fingerprint density at radius 2 is 1.57 bits per heavy atom. The van der Waals surface area contributed by atoms with Crippen LogP contribution in [-0.4, -0.2) is 7.11 Å². The molecule has 0 amide bonds. The Kier molecular flexibility index (Phi) is 5.74. The van der Waals surface area contributed by atoms with Crippen LogP contribution >= 0.6 is 47.8 Å². The molecular formula is C16H16Br3NO. The van der Waals surface area contributed by atoms with E-state index < -0.39 is 0 Å². The number of rotatable bonds is 4. The third kappa shape index (κ3) is 4.02. The molecule has 0 aliphatic heterocycles. The lowest BCUT2D eigenvalue weighted by molar-refractivity contribution is 0.409. The molecule has 1 N–H and O–H groups in total. The summed E-state index contributed by atoms with van der Waals surface area (Å²) in [7, 11) is 1.66. The molecule has 0 saturated carbocycles. The molecule has 0 spiro atoms. The van der Waals surface area contributed by atoms with E-state index in [0.29, 0.717) is 0 Å². The van der Waals surface area contributed by atoms with E-state index in [2.05, 4.69) is 91.2 Å². The molecule has 112 valence electrons. The van der Waals surface area contributed by atoms with Crippen LogP contribution < -0.4 is 10.1 Å². The van der Waals surface area contributed by atoms with E-state index >= 15 is 0 Å². The highest BCUT2D eigenvalue weighted by Crippen LogP contribution is 2.35. The van der Waals surface area contributed by atoms with Crippen molar-refractivity contribution in [2.75, 3.05) is 12.4 Å². The first kappa shape index (κ1) is 16.8. The zero-order valence-electron chi connectivity index (χ0n) is 12.1. The van der Waals surface area contributed by atoms with Crippen molar-refractivity contribution >= 4 is 53.5 Å². The van der Waals surface area contributed by atoms with Crippen LogP contribution in [0.2, 0.25) is 0 Å². The molecule has 0 aliphatic rings. The first-order valence-corrected chi connectivity index (χ1v) is 8.82. The summed E-state index contributed by atoms with van der Waals surface area (Å²) in [5, 5.41) is 3.49. The van der Waals surface area contributed by atoms with Crippen LogP contribution in [0.25, 0.3) is 0 Å². The van der Waals surface area contributed by atoms with Crippen molar-refractivity contribution in [3.05, 3.63) is 54.4 Å². The Morgan fingerprint density at radius 3 is 2.10 bits per heavy atom. The molecule has 0 saturated heterocycles. The summed E-state index contributed by atoms with van der Waals surface area (Å²) in [6.07, 6.45) is 0. The maximum atomic E-state index is 5.32. The number of halogens is 3. The van der Waals surface area contributed by atoms with E-state index in [-0.39, 0.29) is 0 Å². The first-order chi connectivity index (χ1) is 9.92. The highest BCUT2D eigenvalue weighted by Gasteiger charge is 2.09. The Balaban J connectivity index is 2.21. The van der Waals surface area contributed by atoms with Crippen molar-refractivity contribution < 1.29 is 4.74 Å². The molecule has 2 rings (SSSR count). The monoisotopic (exact) mass is 475 g/mol. The van der Waals surface area contributed by atoms with Crippen LogP contribution in [0.15, 0.2) is 37.7 Å². The quantitative estimate of drug-likeness (QED) is 0.565. The van der Waals surface area contributed by atoms with Crippen molar-refractivity contribution in [1.82, 2.24) is 0 Å². The molecule has 0 heterocycles. The number of aryl methyl sites for hydroxylation is 2. The smallest absolute Gasteiger partial charge is 0.147 e. The molecule has 21 heavy (non-hydrogen) atoms. The van der Waals surface area contributed by atoms with E-state index in [1.54, 1.807) is 7.11 Å². The molecule has 2 aromatic rings. The molecule has 0 aliphatic carbocycles. The average Bonchev–Trinajstić information content (AvgIpc) is 2.37. The van der Waals surface area contributed by atoms with Gasteiger partial charge in [-0.1, -0.05) is 6.07 Å². The lowest BCUT2D eigenvalue weighted by atomic mass is 10.1. The molecule has 0 atom stereocenters. The lowest BCUT2D eigenvalue weighted by Gasteiger charge is -2.14. The Bertz CT molecular complexity index is 625. The van der Waals surface area contributed by atoms with Gasteiger partial charge in [0.05, 0.1) is 21.7 Å². The maximum absolute atomic E-state index is 5.32. The standard InChI is InChI=1S/C16H16Br3NO/c1-9-4-10(2)15(12(17)5-9)20-8-11-6-13(18)16(21-3)14(19)7-11/h4-7,20H,8H2,1-3H3.